The van der Waals surface area contributed by atoms with Gasteiger partial charge in [-0.15, -0.1) is 0 Å². The molecule has 0 amide bonds. The molecule has 0 spiro atoms. The summed E-state index contributed by atoms with van der Waals surface area (Å²) in [4.78, 5) is 38.1. The van der Waals surface area contributed by atoms with Crippen molar-refractivity contribution in [3.63, 3.8) is 0 Å². The largest absolute Gasteiger partial charge is 0.462 e. The van der Waals surface area contributed by atoms with Crippen LogP contribution in [0.15, 0.2) is 60.8 Å². The van der Waals surface area contributed by atoms with Gasteiger partial charge < -0.3 is 14.2 Å². The SMILES string of the molecule is CC/C=C\C/C=C\C/C=C\C/C=C\CCC(=O)OCC(COC(=O)CCCCCCCCCCCCCCCCCCCCCCCCCCCCCC)OC(=O)CCCCCCC/C=C\CCCCCCC. The average Bonchev–Trinajstić information content (AvgIpc) is 3.39. The lowest BCUT2D eigenvalue weighted by molar-refractivity contribution is -0.166. The van der Waals surface area contributed by atoms with E-state index in [1.165, 1.54) is 205 Å². The Kier molecular flexibility index (Phi) is 59.2. The predicted octanol–water partition coefficient (Wildman–Crippen LogP) is 21.6. The molecule has 0 aliphatic rings. The van der Waals surface area contributed by atoms with Crippen molar-refractivity contribution in [2.24, 2.45) is 0 Å². The van der Waals surface area contributed by atoms with Gasteiger partial charge in [-0.05, 0) is 70.6 Å². The maximum absolute atomic E-state index is 12.8. The maximum Gasteiger partial charge on any atom is 0.306 e. The minimum absolute atomic E-state index is 0.0967. The second-order valence-electron chi connectivity index (χ2n) is 21.3. The third-order valence-electron chi connectivity index (χ3n) is 14.0. The number of hydrogen-bond donors (Lipinski definition) is 0. The van der Waals surface area contributed by atoms with Crippen molar-refractivity contribution in [3.05, 3.63) is 60.8 Å². The van der Waals surface area contributed by atoms with Crippen LogP contribution in [0.3, 0.4) is 0 Å². The fraction of sp³-hybridized carbons (Fsp3) is 0.806. The van der Waals surface area contributed by atoms with Crippen LogP contribution in [0.2, 0.25) is 0 Å². The van der Waals surface area contributed by atoms with Gasteiger partial charge in [0.1, 0.15) is 13.2 Å². The molecule has 1 unspecified atom stereocenters. The molecule has 0 saturated carbocycles. The normalized spacial score (nSPS) is 12.4. The maximum atomic E-state index is 12.8. The number of ether oxygens (including phenoxy) is 3. The van der Waals surface area contributed by atoms with E-state index in [1.807, 2.05) is 6.08 Å². The van der Waals surface area contributed by atoms with Crippen molar-refractivity contribution in [3.8, 4) is 0 Å². The van der Waals surface area contributed by atoms with Crippen LogP contribution in [0.1, 0.15) is 329 Å². The zero-order chi connectivity index (χ0) is 52.9. The highest BCUT2D eigenvalue weighted by atomic mass is 16.6. The molecule has 0 aliphatic heterocycles. The minimum atomic E-state index is -0.806. The first kappa shape index (κ1) is 70.1. The zero-order valence-corrected chi connectivity index (χ0v) is 48.7. The first-order valence-electron chi connectivity index (χ1n) is 31.8. The van der Waals surface area contributed by atoms with E-state index >= 15 is 0 Å². The molecule has 1 atom stereocenters. The Morgan fingerprint density at radius 1 is 0.288 bits per heavy atom. The Labute approximate surface area is 453 Å². The number of unbranched alkanes of at least 4 members (excludes halogenated alkanes) is 37. The first-order valence-corrected chi connectivity index (χ1v) is 31.8. The van der Waals surface area contributed by atoms with Crippen molar-refractivity contribution >= 4 is 17.9 Å². The summed E-state index contributed by atoms with van der Waals surface area (Å²) < 4.78 is 16.8. The Hall–Kier alpha value is -2.89. The summed E-state index contributed by atoms with van der Waals surface area (Å²) in [6.07, 6.45) is 78.4. The van der Waals surface area contributed by atoms with Crippen LogP contribution in [0.5, 0.6) is 0 Å². The molecular formula is C67H120O6. The van der Waals surface area contributed by atoms with E-state index in [4.69, 9.17) is 14.2 Å². The van der Waals surface area contributed by atoms with Gasteiger partial charge in [0, 0.05) is 19.3 Å². The highest BCUT2D eigenvalue weighted by molar-refractivity contribution is 5.71. The summed E-state index contributed by atoms with van der Waals surface area (Å²) in [5.41, 5.74) is 0. The van der Waals surface area contributed by atoms with E-state index < -0.39 is 6.10 Å². The molecule has 0 aromatic carbocycles. The third kappa shape index (κ3) is 59.9. The van der Waals surface area contributed by atoms with Gasteiger partial charge in [-0.2, -0.15) is 0 Å². The van der Waals surface area contributed by atoms with E-state index in [9.17, 15) is 14.4 Å². The molecule has 0 rings (SSSR count). The smallest absolute Gasteiger partial charge is 0.306 e. The minimum Gasteiger partial charge on any atom is -0.462 e. The quantitative estimate of drug-likeness (QED) is 0.0261. The fourth-order valence-corrected chi connectivity index (χ4v) is 9.28. The average molecular weight is 1020 g/mol. The summed E-state index contributed by atoms with van der Waals surface area (Å²) >= 11 is 0. The fourth-order valence-electron chi connectivity index (χ4n) is 9.28. The molecule has 0 fully saturated rings. The van der Waals surface area contributed by atoms with E-state index in [1.54, 1.807) is 0 Å². The van der Waals surface area contributed by atoms with Gasteiger partial charge in [-0.1, -0.05) is 300 Å². The van der Waals surface area contributed by atoms with Crippen molar-refractivity contribution in [2.45, 2.75) is 335 Å². The summed E-state index contributed by atoms with van der Waals surface area (Å²) in [5, 5.41) is 0. The number of esters is 3. The molecule has 0 N–H and O–H groups in total. The van der Waals surface area contributed by atoms with E-state index in [-0.39, 0.29) is 37.5 Å². The second-order valence-corrected chi connectivity index (χ2v) is 21.3. The molecule has 0 radical (unpaired) electrons. The van der Waals surface area contributed by atoms with E-state index in [0.29, 0.717) is 19.3 Å². The van der Waals surface area contributed by atoms with Gasteiger partial charge >= 0.3 is 17.9 Å². The molecule has 6 nitrogen and oxygen atoms in total. The highest BCUT2D eigenvalue weighted by Gasteiger charge is 2.19. The highest BCUT2D eigenvalue weighted by Crippen LogP contribution is 2.18. The van der Waals surface area contributed by atoms with Crippen molar-refractivity contribution < 1.29 is 28.6 Å². The Balaban J connectivity index is 4.20. The lowest BCUT2D eigenvalue weighted by Crippen LogP contribution is -2.30. The van der Waals surface area contributed by atoms with Crippen LogP contribution in [0, 0.1) is 0 Å². The number of hydrogen-bond acceptors (Lipinski definition) is 6. The molecule has 0 saturated heterocycles. The van der Waals surface area contributed by atoms with Gasteiger partial charge in [-0.25, -0.2) is 0 Å². The van der Waals surface area contributed by atoms with Crippen LogP contribution in [-0.2, 0) is 28.6 Å². The summed E-state index contributed by atoms with van der Waals surface area (Å²) in [6.45, 7) is 6.48. The number of rotatable bonds is 58. The number of carbonyl (C=O) groups is 3. The summed E-state index contributed by atoms with van der Waals surface area (Å²) in [6, 6.07) is 0. The van der Waals surface area contributed by atoms with Crippen molar-refractivity contribution in [1.29, 1.82) is 0 Å². The molecule has 73 heavy (non-hydrogen) atoms. The van der Waals surface area contributed by atoms with Gasteiger partial charge in [0.15, 0.2) is 6.10 Å². The molecule has 0 bridgehead atoms. The van der Waals surface area contributed by atoms with Crippen LogP contribution < -0.4 is 0 Å². The summed E-state index contributed by atoms with van der Waals surface area (Å²) in [7, 11) is 0. The van der Waals surface area contributed by atoms with Crippen LogP contribution in [-0.4, -0.2) is 37.2 Å². The molecule has 0 aliphatic carbocycles. The molecule has 0 heterocycles. The topological polar surface area (TPSA) is 78.9 Å². The monoisotopic (exact) mass is 1020 g/mol. The Morgan fingerprint density at radius 3 is 0.918 bits per heavy atom. The van der Waals surface area contributed by atoms with Gasteiger partial charge in [0.25, 0.3) is 0 Å². The standard InChI is InChI=1S/C67H120O6/c1-4-7-10-13-16-19-22-25-27-28-29-30-31-32-33-34-35-36-37-38-39-40-43-45-48-51-54-57-60-66(69)72-63-64(62-71-65(68)59-56-53-50-47-44-41-24-21-18-15-12-9-6-3)73-67(70)61-58-55-52-49-46-42-26-23-20-17-14-11-8-5-2/h9,12,18,21,23,26,41,44,50,53,64H,4-8,10-11,13-17,19-20,22,24-25,27-40,42-43,45-49,51-52,54-63H2,1-3H3/b12-9-,21-18-,26-23-,44-41-,53-50-. The molecular weight excluding hydrogens is 901 g/mol. The van der Waals surface area contributed by atoms with Crippen LogP contribution in [0.4, 0.5) is 0 Å². The third-order valence-corrected chi connectivity index (χ3v) is 14.0. The van der Waals surface area contributed by atoms with Crippen molar-refractivity contribution in [1.82, 2.24) is 0 Å². The lowest BCUT2D eigenvalue weighted by atomic mass is 10.0. The number of allylic oxidation sites excluding steroid dienone is 10. The van der Waals surface area contributed by atoms with Crippen LogP contribution in [0.25, 0.3) is 0 Å². The van der Waals surface area contributed by atoms with E-state index in [2.05, 4.69) is 75.5 Å². The van der Waals surface area contributed by atoms with Gasteiger partial charge in [0.05, 0.1) is 0 Å². The zero-order valence-electron chi connectivity index (χ0n) is 48.7. The van der Waals surface area contributed by atoms with Crippen LogP contribution >= 0.6 is 0 Å². The van der Waals surface area contributed by atoms with Gasteiger partial charge in [0.2, 0.25) is 0 Å². The predicted molar refractivity (Wildman–Crippen MR) is 316 cm³/mol. The molecule has 0 aromatic heterocycles. The Morgan fingerprint density at radius 2 is 0.562 bits per heavy atom. The van der Waals surface area contributed by atoms with E-state index in [0.717, 1.165) is 77.0 Å². The van der Waals surface area contributed by atoms with Crippen molar-refractivity contribution in [2.75, 3.05) is 13.2 Å². The summed E-state index contributed by atoms with van der Waals surface area (Å²) in [5.74, 6) is -0.976. The van der Waals surface area contributed by atoms with Gasteiger partial charge in [-0.3, -0.25) is 14.4 Å². The second kappa shape index (κ2) is 61.7. The molecule has 0 aromatic rings. The molecule has 424 valence electrons. The first-order chi connectivity index (χ1) is 36.0. The number of carbonyl (C=O) groups excluding carboxylic acids is 3. The Bertz CT molecular complexity index is 1310. The lowest BCUT2D eigenvalue weighted by Gasteiger charge is -2.18. The molecule has 6 heteroatoms.